The van der Waals surface area contributed by atoms with Gasteiger partial charge in [0.25, 0.3) is 0 Å². The van der Waals surface area contributed by atoms with Crippen molar-refractivity contribution in [3.8, 4) is 5.75 Å². The molecule has 0 aliphatic carbocycles. The van der Waals surface area contributed by atoms with Crippen LogP contribution in [0.2, 0.25) is 0 Å². The van der Waals surface area contributed by atoms with E-state index in [1.807, 2.05) is 21.9 Å². The van der Waals surface area contributed by atoms with E-state index in [9.17, 15) is 9.59 Å². The fourth-order valence-corrected chi connectivity index (χ4v) is 6.00. The summed E-state index contributed by atoms with van der Waals surface area (Å²) < 4.78 is 5.34. The molecule has 0 unspecified atom stereocenters. The van der Waals surface area contributed by atoms with Crippen molar-refractivity contribution in [2.24, 2.45) is 5.41 Å². The molecule has 3 heterocycles. The maximum Gasteiger partial charge on any atom is 0.236 e. The second-order valence-electron chi connectivity index (χ2n) is 10.7. The Labute approximate surface area is 207 Å². The van der Waals surface area contributed by atoms with Crippen molar-refractivity contribution in [1.82, 2.24) is 14.7 Å². The fourth-order valence-electron chi connectivity index (χ4n) is 5.10. The number of thiophene rings is 1. The molecule has 0 radical (unpaired) electrons. The van der Waals surface area contributed by atoms with Gasteiger partial charge >= 0.3 is 0 Å². The molecule has 34 heavy (non-hydrogen) atoms. The molecule has 0 spiro atoms. The van der Waals surface area contributed by atoms with E-state index in [2.05, 4.69) is 56.2 Å². The molecule has 184 valence electrons. The Bertz CT molecular complexity index is 1010. The first kappa shape index (κ1) is 24.7. The summed E-state index contributed by atoms with van der Waals surface area (Å²) >= 11 is 1.80. The lowest BCUT2D eigenvalue weighted by Crippen LogP contribution is -2.57. The number of nitrogens with zero attached hydrogens (tertiary/aromatic N) is 3. The lowest BCUT2D eigenvalue weighted by atomic mass is 9.91. The van der Waals surface area contributed by atoms with Gasteiger partial charge in [-0.2, -0.15) is 0 Å². The second kappa shape index (κ2) is 10.1. The highest BCUT2D eigenvalue weighted by Gasteiger charge is 2.35. The Balaban J connectivity index is 1.45. The number of methoxy groups -OCH3 is 1. The molecule has 2 aliphatic rings. The van der Waals surface area contributed by atoms with E-state index >= 15 is 0 Å². The normalized spacial score (nSPS) is 21.3. The highest BCUT2D eigenvalue weighted by molar-refractivity contribution is 7.10. The number of hydrogen-bond acceptors (Lipinski definition) is 5. The molecule has 1 fully saturated rings. The largest absolute Gasteiger partial charge is 0.497 e. The first-order valence-electron chi connectivity index (χ1n) is 12.2. The Kier molecular flexibility index (Phi) is 7.33. The van der Waals surface area contributed by atoms with E-state index in [1.165, 1.54) is 16.0 Å². The fraction of sp³-hybridized carbons (Fsp3) is 0.556. The summed E-state index contributed by atoms with van der Waals surface area (Å²) in [6.45, 7) is 11.4. The van der Waals surface area contributed by atoms with Gasteiger partial charge < -0.3 is 14.5 Å². The summed E-state index contributed by atoms with van der Waals surface area (Å²) in [5, 5.41) is 2.15. The van der Waals surface area contributed by atoms with Crippen LogP contribution in [-0.2, 0) is 16.0 Å². The van der Waals surface area contributed by atoms with Crippen LogP contribution in [0, 0.1) is 5.41 Å². The standard InChI is InChI=1S/C27H37N3O3S/c1-19-17-28(13-14-30(19)24(31)16-27(2,3)4)25(32)18-29-12-10-23-22(11-15-34-23)26(29)20-6-8-21(33-5)9-7-20/h6-9,11,15,19,26H,10,12-14,16-18H2,1-5H3/t19-,26-/m1/s1. The molecule has 1 aromatic carbocycles. The van der Waals surface area contributed by atoms with Crippen molar-refractivity contribution in [3.63, 3.8) is 0 Å². The predicted octanol–water partition coefficient (Wildman–Crippen LogP) is 4.20. The van der Waals surface area contributed by atoms with E-state index in [1.54, 1.807) is 18.4 Å². The number of piperazine rings is 1. The lowest BCUT2D eigenvalue weighted by Gasteiger charge is -2.42. The molecule has 2 aliphatic heterocycles. The molecular formula is C27H37N3O3S. The number of hydrogen-bond donors (Lipinski definition) is 0. The van der Waals surface area contributed by atoms with Crippen molar-refractivity contribution in [1.29, 1.82) is 0 Å². The minimum atomic E-state index is -0.0327. The van der Waals surface area contributed by atoms with Gasteiger partial charge in [0, 0.05) is 43.5 Å². The maximum atomic E-state index is 13.4. The van der Waals surface area contributed by atoms with Crippen molar-refractivity contribution >= 4 is 23.2 Å². The Morgan fingerprint density at radius 1 is 1.06 bits per heavy atom. The van der Waals surface area contributed by atoms with Gasteiger partial charge in [-0.05, 0) is 53.5 Å². The first-order valence-corrected chi connectivity index (χ1v) is 13.1. The first-order chi connectivity index (χ1) is 16.2. The summed E-state index contributed by atoms with van der Waals surface area (Å²) in [6, 6.07) is 10.5. The van der Waals surface area contributed by atoms with Crippen molar-refractivity contribution in [2.75, 3.05) is 39.8 Å². The third kappa shape index (κ3) is 5.47. The van der Waals surface area contributed by atoms with Gasteiger partial charge in [0.15, 0.2) is 0 Å². The van der Waals surface area contributed by atoms with Gasteiger partial charge in [-0.1, -0.05) is 32.9 Å². The van der Waals surface area contributed by atoms with Crippen LogP contribution in [0.5, 0.6) is 5.75 Å². The summed E-state index contributed by atoms with van der Waals surface area (Å²) in [5.41, 5.74) is 2.45. The van der Waals surface area contributed by atoms with E-state index in [-0.39, 0.29) is 29.3 Å². The average molecular weight is 484 g/mol. The molecule has 2 aromatic rings. The van der Waals surface area contributed by atoms with Gasteiger partial charge in [0.1, 0.15) is 5.75 Å². The Hall–Kier alpha value is -2.38. The third-order valence-electron chi connectivity index (χ3n) is 6.82. The van der Waals surface area contributed by atoms with Crippen molar-refractivity contribution < 1.29 is 14.3 Å². The van der Waals surface area contributed by atoms with Crippen LogP contribution < -0.4 is 4.74 Å². The molecule has 7 heteroatoms. The van der Waals surface area contributed by atoms with E-state index in [0.29, 0.717) is 32.6 Å². The average Bonchev–Trinajstić information content (AvgIpc) is 3.26. The zero-order valence-corrected chi connectivity index (χ0v) is 21.9. The van der Waals surface area contributed by atoms with Crippen LogP contribution >= 0.6 is 11.3 Å². The molecule has 6 nitrogen and oxygen atoms in total. The molecule has 0 saturated carbocycles. The highest BCUT2D eigenvalue weighted by atomic mass is 32.1. The van der Waals surface area contributed by atoms with Gasteiger partial charge in [0.2, 0.25) is 11.8 Å². The summed E-state index contributed by atoms with van der Waals surface area (Å²) in [7, 11) is 1.68. The number of ether oxygens (including phenoxy) is 1. The predicted molar refractivity (Wildman–Crippen MR) is 136 cm³/mol. The van der Waals surface area contributed by atoms with E-state index in [4.69, 9.17) is 4.74 Å². The Morgan fingerprint density at radius 3 is 2.44 bits per heavy atom. The van der Waals surface area contributed by atoms with Gasteiger partial charge in [-0.15, -0.1) is 11.3 Å². The molecular weight excluding hydrogens is 446 g/mol. The van der Waals surface area contributed by atoms with E-state index < -0.39 is 0 Å². The number of fused-ring (bicyclic) bond motifs is 1. The summed E-state index contributed by atoms with van der Waals surface area (Å²) in [6.07, 6.45) is 1.50. The van der Waals surface area contributed by atoms with Gasteiger partial charge in [-0.25, -0.2) is 0 Å². The van der Waals surface area contributed by atoms with Crippen LogP contribution in [0.15, 0.2) is 35.7 Å². The third-order valence-corrected chi connectivity index (χ3v) is 7.81. The van der Waals surface area contributed by atoms with Crippen molar-refractivity contribution in [2.45, 2.75) is 52.6 Å². The van der Waals surface area contributed by atoms with Crippen LogP contribution in [0.25, 0.3) is 0 Å². The number of benzene rings is 1. The quantitative estimate of drug-likeness (QED) is 0.640. The topological polar surface area (TPSA) is 53.1 Å². The Morgan fingerprint density at radius 2 is 1.79 bits per heavy atom. The van der Waals surface area contributed by atoms with Crippen LogP contribution in [-0.4, -0.2) is 72.4 Å². The summed E-state index contributed by atoms with van der Waals surface area (Å²) in [4.78, 5) is 33.8. The second-order valence-corrected chi connectivity index (χ2v) is 11.7. The summed E-state index contributed by atoms with van der Waals surface area (Å²) in [5.74, 6) is 1.17. The molecule has 0 N–H and O–H groups in total. The minimum Gasteiger partial charge on any atom is -0.497 e. The molecule has 2 atom stereocenters. The maximum absolute atomic E-state index is 13.4. The number of carbonyl (C=O) groups excluding carboxylic acids is 2. The zero-order chi connectivity index (χ0) is 24.5. The molecule has 1 saturated heterocycles. The molecule has 4 rings (SSSR count). The van der Waals surface area contributed by atoms with Crippen LogP contribution in [0.3, 0.4) is 0 Å². The van der Waals surface area contributed by atoms with Gasteiger partial charge in [0.05, 0.1) is 19.7 Å². The van der Waals surface area contributed by atoms with Crippen LogP contribution in [0.1, 0.15) is 56.2 Å². The minimum absolute atomic E-state index is 0.0327. The SMILES string of the molecule is COc1ccc([C@@H]2c3ccsc3CCN2CC(=O)N2CCN(C(=O)CC(C)(C)C)[C@H](C)C2)cc1. The molecule has 1 aromatic heterocycles. The lowest BCUT2D eigenvalue weighted by molar-refractivity contribution is -0.144. The smallest absolute Gasteiger partial charge is 0.236 e. The van der Waals surface area contributed by atoms with E-state index in [0.717, 1.165) is 18.7 Å². The molecule has 2 amide bonds. The molecule has 0 bridgehead atoms. The highest BCUT2D eigenvalue weighted by Crippen LogP contribution is 2.38. The number of amides is 2. The van der Waals surface area contributed by atoms with Gasteiger partial charge in [-0.3, -0.25) is 14.5 Å². The monoisotopic (exact) mass is 483 g/mol. The zero-order valence-electron chi connectivity index (χ0n) is 21.0. The van der Waals surface area contributed by atoms with Crippen LogP contribution in [0.4, 0.5) is 0 Å². The number of rotatable bonds is 5. The van der Waals surface area contributed by atoms with Crippen molar-refractivity contribution in [3.05, 3.63) is 51.7 Å². The number of carbonyl (C=O) groups is 2.